The zero-order valence-electron chi connectivity index (χ0n) is 31.4. The highest BCUT2D eigenvalue weighted by Crippen LogP contribution is 2.49. The lowest BCUT2D eigenvalue weighted by molar-refractivity contribution is 0.481. The van der Waals surface area contributed by atoms with Crippen molar-refractivity contribution in [3.63, 3.8) is 0 Å². The lowest BCUT2D eigenvalue weighted by atomic mass is 9.95. The van der Waals surface area contributed by atoms with Crippen LogP contribution in [0.5, 0.6) is 0 Å². The molecule has 0 aliphatic heterocycles. The van der Waals surface area contributed by atoms with Crippen molar-refractivity contribution in [1.29, 1.82) is 0 Å². The maximum absolute atomic E-state index is 12.7. The van der Waals surface area contributed by atoms with E-state index >= 15 is 0 Å². The molecule has 8 nitrogen and oxygen atoms in total. The maximum atomic E-state index is 12.7. The van der Waals surface area contributed by atoms with Crippen molar-refractivity contribution < 1.29 is 34.8 Å². The molecule has 0 spiro atoms. The second-order valence-electron chi connectivity index (χ2n) is 14.1. The van der Waals surface area contributed by atoms with Crippen LogP contribution in [0.25, 0.3) is 55.0 Å². The quantitative estimate of drug-likeness (QED) is 0.108. The van der Waals surface area contributed by atoms with E-state index in [9.17, 15) is 25.9 Å². The molecule has 8 aromatic carbocycles. The van der Waals surface area contributed by atoms with Crippen LogP contribution < -0.4 is 31.8 Å². The summed E-state index contributed by atoms with van der Waals surface area (Å²) in [5.41, 5.74) is 3.24. The zero-order chi connectivity index (χ0) is 41.2. The fraction of sp³-hybridized carbons (Fsp3) is 0. The minimum atomic E-state index is -4.63. The first-order valence-electron chi connectivity index (χ1n) is 18.8. The molecule has 0 bridgehead atoms. The van der Waals surface area contributed by atoms with Crippen LogP contribution in [0.2, 0.25) is 0 Å². The third kappa shape index (κ3) is 6.72. The van der Waals surface area contributed by atoms with E-state index in [1.54, 1.807) is 12.1 Å². The van der Waals surface area contributed by atoms with Gasteiger partial charge in [-0.15, -0.1) is 0 Å². The van der Waals surface area contributed by atoms with Crippen molar-refractivity contribution in [2.75, 3.05) is 0 Å². The minimum Gasteiger partial charge on any atom is -0.456 e. The third-order valence-electron chi connectivity index (χ3n) is 10.6. The highest BCUT2D eigenvalue weighted by molar-refractivity contribution is 7.86. The summed E-state index contributed by atoms with van der Waals surface area (Å²) in [5.74, 6) is 0. The Morgan fingerprint density at radius 3 is 0.967 bits per heavy atom. The van der Waals surface area contributed by atoms with E-state index in [0.29, 0.717) is 43.9 Å². The van der Waals surface area contributed by atoms with Crippen molar-refractivity contribution in [2.45, 2.75) is 9.79 Å². The van der Waals surface area contributed by atoms with E-state index in [1.807, 2.05) is 84.9 Å². The Kier molecular flexibility index (Phi) is 9.53. The molecule has 12 heteroatoms. The molecule has 2 N–H and O–H groups in total. The second kappa shape index (κ2) is 14.9. The molecule has 0 atom stereocenters. The Labute approximate surface area is 347 Å². The van der Waals surface area contributed by atoms with E-state index in [1.165, 1.54) is 24.3 Å². The Morgan fingerprint density at radius 2 is 0.667 bits per heavy atom. The molecule has 10 aromatic rings. The van der Waals surface area contributed by atoms with Gasteiger partial charge in [-0.05, 0) is 108 Å². The summed E-state index contributed by atoms with van der Waals surface area (Å²) in [6.07, 6.45) is 0. The van der Waals surface area contributed by atoms with E-state index < -0.39 is 36.1 Å². The lowest BCUT2D eigenvalue weighted by Crippen LogP contribution is -2.26. The average Bonchev–Trinajstić information content (AvgIpc) is 3.83. The largest absolute Gasteiger partial charge is 0.456 e. The molecule has 2 aromatic heterocycles. The SMILES string of the molecule is O=S(=O)(O)c1ccc2oc3ccc(P(c4ccccc4)c4ccccc4)c(-c4c(P(c5ccccc5)c5ccccc5)ccc5oc6ccc(S(=O)(=O)O)cc6c45)c3c2c1. The maximum Gasteiger partial charge on any atom is 0.294 e. The van der Waals surface area contributed by atoms with E-state index in [0.717, 1.165) is 43.0 Å². The van der Waals surface area contributed by atoms with Crippen molar-refractivity contribution in [3.05, 3.63) is 182 Å². The summed E-state index contributed by atoms with van der Waals surface area (Å²) in [6.45, 7) is 0. The van der Waals surface area contributed by atoms with Crippen LogP contribution in [0.1, 0.15) is 0 Å². The summed E-state index contributed by atoms with van der Waals surface area (Å²) >= 11 is 0. The number of fused-ring (bicyclic) bond motifs is 6. The van der Waals surface area contributed by atoms with Crippen LogP contribution in [0.3, 0.4) is 0 Å². The molecule has 0 aliphatic rings. The summed E-state index contributed by atoms with van der Waals surface area (Å²) in [6, 6.07) is 57.3. The van der Waals surface area contributed by atoms with Crippen molar-refractivity contribution in [1.82, 2.24) is 0 Å². The molecule has 0 aliphatic carbocycles. The topological polar surface area (TPSA) is 135 Å². The van der Waals surface area contributed by atoms with E-state index in [2.05, 4.69) is 60.7 Å². The Balaban J connectivity index is 1.47. The smallest absolute Gasteiger partial charge is 0.294 e. The molecular weight excluding hydrogens is 831 g/mol. The normalized spacial score (nSPS) is 12.4. The molecular formula is C48H32O8P2S2. The van der Waals surface area contributed by atoms with Gasteiger partial charge in [0.05, 0.1) is 9.79 Å². The van der Waals surface area contributed by atoms with Gasteiger partial charge in [0.25, 0.3) is 20.2 Å². The van der Waals surface area contributed by atoms with E-state index in [4.69, 9.17) is 8.83 Å². The molecule has 0 fully saturated rings. The first-order chi connectivity index (χ1) is 29.0. The first kappa shape index (κ1) is 38.3. The first-order valence-corrected chi connectivity index (χ1v) is 24.4. The summed E-state index contributed by atoms with van der Waals surface area (Å²) in [4.78, 5) is -0.577. The molecule has 0 amide bonds. The Bertz CT molecular complexity index is 3170. The van der Waals surface area contributed by atoms with Crippen molar-refractivity contribution in [2.24, 2.45) is 0 Å². The molecule has 10 rings (SSSR count). The molecule has 60 heavy (non-hydrogen) atoms. The van der Waals surface area contributed by atoms with Crippen LogP contribution >= 0.6 is 15.8 Å². The van der Waals surface area contributed by atoms with Gasteiger partial charge in [0.15, 0.2) is 0 Å². The molecule has 0 saturated carbocycles. The predicted molar refractivity (Wildman–Crippen MR) is 243 cm³/mol. The number of benzene rings is 8. The number of hydrogen-bond acceptors (Lipinski definition) is 6. The van der Waals surface area contributed by atoms with Crippen LogP contribution in [-0.2, 0) is 20.2 Å². The fourth-order valence-corrected chi connectivity index (χ4v) is 14.0. The summed E-state index contributed by atoms with van der Waals surface area (Å²) in [5, 5.41) is 8.20. The van der Waals surface area contributed by atoms with Gasteiger partial charge in [-0.3, -0.25) is 9.11 Å². The van der Waals surface area contributed by atoms with Crippen molar-refractivity contribution >= 4 is 112 Å². The fourth-order valence-electron chi connectivity index (χ4n) is 8.04. The number of furan rings is 2. The molecule has 294 valence electrons. The zero-order valence-corrected chi connectivity index (χ0v) is 34.8. The van der Waals surface area contributed by atoms with Gasteiger partial charge in [0.2, 0.25) is 0 Å². The number of rotatable bonds is 9. The highest BCUT2D eigenvalue weighted by Gasteiger charge is 2.32. The third-order valence-corrected chi connectivity index (χ3v) is 17.2. The predicted octanol–water partition coefficient (Wildman–Crippen LogP) is 9.16. The molecule has 0 radical (unpaired) electrons. The van der Waals surface area contributed by atoms with Gasteiger partial charge in [0, 0.05) is 32.7 Å². The average molecular weight is 863 g/mol. The summed E-state index contributed by atoms with van der Waals surface area (Å²) in [7, 11) is -12.0. The van der Waals surface area contributed by atoms with Gasteiger partial charge in [-0.2, -0.15) is 16.8 Å². The van der Waals surface area contributed by atoms with Crippen molar-refractivity contribution in [3.8, 4) is 11.1 Å². The Hall–Kier alpha value is -5.96. The highest BCUT2D eigenvalue weighted by atomic mass is 32.2. The van der Waals surface area contributed by atoms with Gasteiger partial charge >= 0.3 is 0 Å². The van der Waals surface area contributed by atoms with Crippen LogP contribution in [-0.4, -0.2) is 25.9 Å². The van der Waals surface area contributed by atoms with Gasteiger partial charge in [0.1, 0.15) is 22.3 Å². The second-order valence-corrected chi connectivity index (χ2v) is 21.4. The van der Waals surface area contributed by atoms with Gasteiger partial charge < -0.3 is 8.83 Å². The van der Waals surface area contributed by atoms with Crippen LogP contribution in [0.4, 0.5) is 0 Å². The minimum absolute atomic E-state index is 0.289. The lowest BCUT2D eigenvalue weighted by Gasteiger charge is -2.27. The number of hydrogen-bond donors (Lipinski definition) is 2. The summed E-state index contributed by atoms with van der Waals surface area (Å²) < 4.78 is 84.7. The molecule has 2 heterocycles. The van der Waals surface area contributed by atoms with Gasteiger partial charge in [-0.1, -0.05) is 121 Å². The molecule has 0 unspecified atom stereocenters. The van der Waals surface area contributed by atoms with E-state index in [-0.39, 0.29) is 9.79 Å². The van der Waals surface area contributed by atoms with Crippen LogP contribution in [0, 0.1) is 0 Å². The monoisotopic (exact) mass is 862 g/mol. The standard InChI is InChI=1S/C48H32O8P2S2/c49-59(50,51)35-21-23-39-37(29-35)45-41(55-39)25-27-43(57(31-13-5-1-6-14-31)32-15-7-2-8-16-32)47(45)48-44(58(33-17-9-3-10-18-33)34-19-11-4-12-20-34)28-26-42-46(48)38-30-36(60(52,53)54)22-24-40(38)56-42/h1-30H,(H,49,50,51)(H,52,53,54). The van der Waals surface area contributed by atoms with Gasteiger partial charge in [-0.25, -0.2) is 0 Å². The molecule has 0 saturated heterocycles. The van der Waals surface area contributed by atoms with Crippen LogP contribution in [0.15, 0.2) is 201 Å². The Morgan fingerprint density at radius 1 is 0.367 bits per heavy atom.